The van der Waals surface area contributed by atoms with Gasteiger partial charge in [0.05, 0.1) is 5.69 Å². The zero-order valence-electron chi connectivity index (χ0n) is 21.2. The number of furan rings is 1. The minimum Gasteiger partial charge on any atom is -0.455 e. The summed E-state index contributed by atoms with van der Waals surface area (Å²) in [6.45, 7) is 6.77. The maximum Gasteiger partial charge on any atom is 0.144 e. The standard InChI is InChI=1S/C35H27NO/c1-35(2,3)27-15-13-24-19-23(11-12-25(24)20-27)26-17-18-36-32(21-26)31-10-6-9-29-30-16-14-22-7-4-5-8-28(22)33(30)37-34(29)31/h4-21H,1-3H3. The molecule has 0 saturated carbocycles. The van der Waals surface area contributed by atoms with Gasteiger partial charge in [-0.25, -0.2) is 0 Å². The highest BCUT2D eigenvalue weighted by Crippen LogP contribution is 2.39. The molecule has 0 unspecified atom stereocenters. The number of benzene rings is 5. The molecule has 0 saturated heterocycles. The van der Waals surface area contributed by atoms with Crippen LogP contribution in [0.15, 0.2) is 114 Å². The highest BCUT2D eigenvalue weighted by Gasteiger charge is 2.16. The third-order valence-corrected chi connectivity index (χ3v) is 7.46. The average molecular weight is 478 g/mol. The third kappa shape index (κ3) is 3.60. The predicted octanol–water partition coefficient (Wildman–Crippen LogP) is 9.92. The van der Waals surface area contributed by atoms with E-state index in [1.807, 2.05) is 6.20 Å². The van der Waals surface area contributed by atoms with Crippen LogP contribution in [0, 0.1) is 0 Å². The fourth-order valence-corrected chi connectivity index (χ4v) is 5.38. The lowest BCUT2D eigenvalue weighted by molar-refractivity contribution is 0.591. The van der Waals surface area contributed by atoms with Gasteiger partial charge in [0.15, 0.2) is 0 Å². The molecule has 0 aliphatic heterocycles. The van der Waals surface area contributed by atoms with Gasteiger partial charge in [-0.05, 0) is 68.6 Å². The Morgan fingerprint density at radius 1 is 0.568 bits per heavy atom. The molecule has 0 fully saturated rings. The Balaban J connectivity index is 1.36. The molecule has 0 N–H and O–H groups in total. The van der Waals surface area contributed by atoms with Crippen LogP contribution in [0.3, 0.4) is 0 Å². The summed E-state index contributed by atoms with van der Waals surface area (Å²) in [5, 5.41) is 7.08. The first-order valence-corrected chi connectivity index (χ1v) is 12.8. The number of hydrogen-bond acceptors (Lipinski definition) is 2. The number of hydrogen-bond donors (Lipinski definition) is 0. The van der Waals surface area contributed by atoms with E-state index < -0.39 is 0 Å². The molecule has 178 valence electrons. The van der Waals surface area contributed by atoms with Gasteiger partial charge in [-0.15, -0.1) is 0 Å². The number of para-hydroxylation sites is 1. The third-order valence-electron chi connectivity index (χ3n) is 7.46. The number of fused-ring (bicyclic) bond motifs is 6. The quantitative estimate of drug-likeness (QED) is 0.248. The van der Waals surface area contributed by atoms with E-state index in [0.717, 1.165) is 44.1 Å². The molecule has 0 aliphatic carbocycles. The van der Waals surface area contributed by atoms with Crippen molar-refractivity contribution >= 4 is 43.5 Å². The minimum atomic E-state index is 0.136. The Bertz CT molecular complexity index is 1970. The van der Waals surface area contributed by atoms with Crippen LogP contribution < -0.4 is 0 Å². The number of aromatic nitrogens is 1. The largest absolute Gasteiger partial charge is 0.455 e. The number of rotatable bonds is 2. The average Bonchev–Trinajstić information content (AvgIpc) is 3.31. The molecule has 0 amide bonds. The first kappa shape index (κ1) is 21.8. The fraction of sp³-hybridized carbons (Fsp3) is 0.114. The summed E-state index contributed by atoms with van der Waals surface area (Å²) in [4.78, 5) is 4.76. The Morgan fingerprint density at radius 2 is 1.30 bits per heavy atom. The van der Waals surface area contributed by atoms with E-state index >= 15 is 0 Å². The molecule has 0 radical (unpaired) electrons. The van der Waals surface area contributed by atoms with E-state index in [0.29, 0.717) is 0 Å². The summed E-state index contributed by atoms with van der Waals surface area (Å²) in [6.07, 6.45) is 1.90. The Labute approximate surface area is 216 Å². The van der Waals surface area contributed by atoms with Gasteiger partial charge in [0.25, 0.3) is 0 Å². The molecule has 2 heteroatoms. The van der Waals surface area contributed by atoms with E-state index in [9.17, 15) is 0 Å². The maximum atomic E-state index is 6.55. The summed E-state index contributed by atoms with van der Waals surface area (Å²) in [7, 11) is 0. The Kier molecular flexibility index (Phi) is 4.74. The van der Waals surface area contributed by atoms with E-state index in [1.54, 1.807) is 0 Å². The van der Waals surface area contributed by atoms with Gasteiger partial charge < -0.3 is 4.42 Å². The van der Waals surface area contributed by atoms with Crippen molar-refractivity contribution in [2.45, 2.75) is 26.2 Å². The molecule has 0 atom stereocenters. The second-order valence-electron chi connectivity index (χ2n) is 10.9. The second-order valence-corrected chi connectivity index (χ2v) is 10.9. The SMILES string of the molecule is CC(C)(C)c1ccc2cc(-c3ccnc(-c4cccc5c4oc4c6ccccc6ccc54)c3)ccc2c1. The van der Waals surface area contributed by atoms with Gasteiger partial charge in [0.2, 0.25) is 0 Å². The van der Waals surface area contributed by atoms with Crippen LogP contribution in [0.5, 0.6) is 0 Å². The van der Waals surface area contributed by atoms with Crippen LogP contribution in [-0.4, -0.2) is 4.98 Å². The van der Waals surface area contributed by atoms with Crippen molar-refractivity contribution in [1.82, 2.24) is 4.98 Å². The summed E-state index contributed by atoms with van der Waals surface area (Å²) in [5.74, 6) is 0. The maximum absolute atomic E-state index is 6.55. The van der Waals surface area contributed by atoms with Crippen LogP contribution in [-0.2, 0) is 5.41 Å². The molecule has 2 heterocycles. The van der Waals surface area contributed by atoms with Crippen LogP contribution >= 0.6 is 0 Å². The summed E-state index contributed by atoms with van der Waals surface area (Å²) in [5.41, 5.74) is 7.55. The zero-order chi connectivity index (χ0) is 25.1. The van der Waals surface area contributed by atoms with Crippen LogP contribution in [0.2, 0.25) is 0 Å². The number of pyridine rings is 1. The molecule has 7 aromatic rings. The zero-order valence-corrected chi connectivity index (χ0v) is 21.2. The van der Waals surface area contributed by atoms with Gasteiger partial charge in [-0.3, -0.25) is 4.98 Å². The summed E-state index contributed by atoms with van der Waals surface area (Å²) >= 11 is 0. The molecule has 2 nitrogen and oxygen atoms in total. The van der Waals surface area contributed by atoms with E-state index in [-0.39, 0.29) is 5.41 Å². The summed E-state index contributed by atoms with van der Waals surface area (Å²) in [6, 6.07) is 36.8. The van der Waals surface area contributed by atoms with Crippen molar-refractivity contribution < 1.29 is 4.42 Å². The normalized spacial score (nSPS) is 12.2. The van der Waals surface area contributed by atoms with Crippen molar-refractivity contribution in [2.75, 3.05) is 0 Å². The van der Waals surface area contributed by atoms with Crippen molar-refractivity contribution in [3.63, 3.8) is 0 Å². The first-order chi connectivity index (χ1) is 18.0. The van der Waals surface area contributed by atoms with Crippen LogP contribution in [0.1, 0.15) is 26.3 Å². The summed E-state index contributed by atoms with van der Waals surface area (Å²) < 4.78 is 6.55. The molecule has 37 heavy (non-hydrogen) atoms. The molecular formula is C35H27NO. The highest BCUT2D eigenvalue weighted by atomic mass is 16.3. The van der Waals surface area contributed by atoms with Crippen molar-refractivity contribution in [1.29, 1.82) is 0 Å². The Hall–Kier alpha value is -4.43. The fourth-order valence-electron chi connectivity index (χ4n) is 5.38. The molecule has 7 rings (SSSR count). The van der Waals surface area contributed by atoms with Crippen molar-refractivity contribution in [3.8, 4) is 22.4 Å². The molecule has 0 aliphatic rings. The molecule has 0 spiro atoms. The van der Waals surface area contributed by atoms with Crippen molar-refractivity contribution in [3.05, 3.63) is 115 Å². The Morgan fingerprint density at radius 3 is 2.19 bits per heavy atom. The van der Waals surface area contributed by atoms with Gasteiger partial charge in [0.1, 0.15) is 11.2 Å². The highest BCUT2D eigenvalue weighted by molar-refractivity contribution is 6.17. The topological polar surface area (TPSA) is 26.0 Å². The predicted molar refractivity (Wildman–Crippen MR) is 156 cm³/mol. The number of nitrogens with zero attached hydrogens (tertiary/aromatic N) is 1. The molecular weight excluding hydrogens is 450 g/mol. The first-order valence-electron chi connectivity index (χ1n) is 12.8. The van der Waals surface area contributed by atoms with Gasteiger partial charge in [0, 0.05) is 27.9 Å². The lowest BCUT2D eigenvalue weighted by Crippen LogP contribution is -2.10. The van der Waals surface area contributed by atoms with Gasteiger partial charge in [-0.2, -0.15) is 0 Å². The van der Waals surface area contributed by atoms with Gasteiger partial charge in [-0.1, -0.05) is 93.6 Å². The van der Waals surface area contributed by atoms with Gasteiger partial charge >= 0.3 is 0 Å². The smallest absolute Gasteiger partial charge is 0.144 e. The molecule has 2 aromatic heterocycles. The second kappa shape index (κ2) is 8.04. The monoisotopic (exact) mass is 477 g/mol. The minimum absolute atomic E-state index is 0.136. The van der Waals surface area contributed by atoms with Crippen molar-refractivity contribution in [2.24, 2.45) is 0 Å². The molecule has 5 aromatic carbocycles. The lowest BCUT2D eigenvalue weighted by Gasteiger charge is -2.19. The van der Waals surface area contributed by atoms with Crippen LogP contribution in [0.25, 0.3) is 65.9 Å². The lowest BCUT2D eigenvalue weighted by atomic mass is 9.85. The molecule has 0 bridgehead atoms. The van der Waals surface area contributed by atoms with E-state index in [2.05, 4.69) is 124 Å². The van der Waals surface area contributed by atoms with E-state index in [4.69, 9.17) is 9.40 Å². The van der Waals surface area contributed by atoms with Crippen LogP contribution in [0.4, 0.5) is 0 Å². The van der Waals surface area contributed by atoms with E-state index in [1.165, 1.54) is 27.3 Å².